The van der Waals surface area contributed by atoms with Gasteiger partial charge in [0.25, 0.3) is 11.8 Å². The van der Waals surface area contributed by atoms with E-state index in [1.54, 1.807) is 4.90 Å². The van der Waals surface area contributed by atoms with Crippen LogP contribution in [0.5, 0.6) is 0 Å². The largest absolute Gasteiger partial charge is 0.419 e. The van der Waals surface area contributed by atoms with Gasteiger partial charge in [0.05, 0.1) is 5.56 Å². The van der Waals surface area contributed by atoms with Crippen molar-refractivity contribution >= 4 is 23.5 Å². The van der Waals surface area contributed by atoms with E-state index < -0.39 is 23.6 Å². The van der Waals surface area contributed by atoms with Crippen molar-refractivity contribution in [1.29, 1.82) is 0 Å². The van der Waals surface area contributed by atoms with Crippen molar-refractivity contribution in [1.82, 2.24) is 9.99 Å². The number of amides is 2. The van der Waals surface area contributed by atoms with Gasteiger partial charge in [-0.05, 0) is 43.7 Å². The Labute approximate surface area is 147 Å². The molecule has 1 saturated carbocycles. The molecule has 6 nitrogen and oxygen atoms in total. The topological polar surface area (TPSA) is 65.5 Å². The molecule has 2 saturated heterocycles. The molecule has 1 aliphatic carbocycles. The second-order valence-corrected chi connectivity index (χ2v) is 7.09. The maximum atomic E-state index is 13.4. The van der Waals surface area contributed by atoms with E-state index >= 15 is 0 Å². The van der Waals surface area contributed by atoms with Crippen LogP contribution in [0.1, 0.15) is 25.3 Å². The van der Waals surface area contributed by atoms with Crippen molar-refractivity contribution in [2.75, 3.05) is 23.4 Å². The van der Waals surface area contributed by atoms with Crippen LogP contribution < -0.4 is 10.3 Å². The molecule has 138 valence electrons. The number of carbonyl (C=O) groups is 2. The zero-order valence-electron chi connectivity index (χ0n) is 14.0. The molecule has 0 spiro atoms. The fraction of sp³-hybridized carbons (Fsp3) is 0.471. The van der Waals surface area contributed by atoms with Crippen molar-refractivity contribution in [2.45, 2.75) is 25.9 Å². The summed E-state index contributed by atoms with van der Waals surface area (Å²) in [5.74, 6) is -0.436. The zero-order chi connectivity index (χ0) is 18.6. The summed E-state index contributed by atoms with van der Waals surface area (Å²) in [5.41, 5.74) is 1.98. The van der Waals surface area contributed by atoms with E-state index in [2.05, 4.69) is 10.4 Å². The molecule has 3 aliphatic heterocycles. The summed E-state index contributed by atoms with van der Waals surface area (Å²) in [5, 5.41) is 0.752. The van der Waals surface area contributed by atoms with Crippen LogP contribution >= 0.6 is 0 Å². The first-order chi connectivity index (χ1) is 12.2. The molecule has 0 radical (unpaired) electrons. The van der Waals surface area contributed by atoms with Gasteiger partial charge in [-0.25, -0.2) is 4.98 Å². The lowest BCUT2D eigenvalue weighted by atomic mass is 9.71. The number of hydrogen-bond acceptors (Lipinski definition) is 5. The molecule has 2 bridgehead atoms. The fourth-order valence-electron chi connectivity index (χ4n) is 3.82. The average Bonchev–Trinajstić information content (AvgIpc) is 2.79. The van der Waals surface area contributed by atoms with Crippen LogP contribution in [0.4, 0.5) is 24.8 Å². The number of hydrogen-bond donors (Lipinski definition) is 1. The third kappa shape index (κ3) is 2.81. The molecule has 9 heteroatoms. The van der Waals surface area contributed by atoms with E-state index in [1.165, 1.54) is 13.0 Å². The highest BCUT2D eigenvalue weighted by atomic mass is 19.4. The smallest absolute Gasteiger partial charge is 0.355 e. The van der Waals surface area contributed by atoms with Gasteiger partial charge in [-0.15, -0.1) is 0 Å². The van der Waals surface area contributed by atoms with Gasteiger partial charge in [-0.2, -0.15) is 18.2 Å². The normalized spacial score (nSPS) is 25.3. The number of halogens is 3. The summed E-state index contributed by atoms with van der Waals surface area (Å²) < 4.78 is 40.2. The molecule has 0 unspecified atom stereocenters. The molecule has 26 heavy (non-hydrogen) atoms. The molecule has 0 atom stereocenters. The Kier molecular flexibility index (Phi) is 3.71. The first kappa shape index (κ1) is 16.9. The van der Waals surface area contributed by atoms with Crippen LogP contribution in [0.3, 0.4) is 0 Å². The first-order valence-corrected chi connectivity index (χ1v) is 8.39. The molecule has 1 aromatic rings. The third-order valence-electron chi connectivity index (χ3n) is 5.10. The number of anilines is 2. The maximum Gasteiger partial charge on any atom is 0.419 e. The van der Waals surface area contributed by atoms with E-state index in [1.807, 2.05) is 0 Å². The average molecular weight is 366 g/mol. The van der Waals surface area contributed by atoms with E-state index in [4.69, 9.17) is 0 Å². The Morgan fingerprint density at radius 2 is 1.81 bits per heavy atom. The van der Waals surface area contributed by atoms with E-state index in [0.717, 1.165) is 30.0 Å². The number of imide groups is 1. The number of aromatic nitrogens is 1. The lowest BCUT2D eigenvalue weighted by molar-refractivity contribution is -0.138. The van der Waals surface area contributed by atoms with Crippen molar-refractivity contribution in [3.8, 4) is 0 Å². The number of piperidine rings is 2. The molecular formula is C17H17F3N4O2. The van der Waals surface area contributed by atoms with E-state index in [0.29, 0.717) is 24.9 Å². The van der Waals surface area contributed by atoms with Crippen molar-refractivity contribution in [2.24, 2.45) is 11.8 Å². The molecule has 1 N–H and O–H groups in total. The van der Waals surface area contributed by atoms with Crippen LogP contribution in [-0.4, -0.2) is 34.9 Å². The van der Waals surface area contributed by atoms with Gasteiger partial charge < -0.3 is 4.90 Å². The molecule has 4 aliphatic rings. The summed E-state index contributed by atoms with van der Waals surface area (Å²) in [6, 6.07) is 2.07. The summed E-state index contributed by atoms with van der Waals surface area (Å²) in [6.45, 7) is 2.57. The molecular weight excluding hydrogens is 349 g/mol. The van der Waals surface area contributed by atoms with Crippen LogP contribution in [0.25, 0.3) is 0 Å². The molecule has 1 aromatic heterocycles. The highest BCUT2D eigenvalue weighted by Crippen LogP contribution is 2.44. The molecule has 2 amide bonds. The number of fused-ring (bicyclic) bond motifs is 2. The summed E-state index contributed by atoms with van der Waals surface area (Å²) >= 11 is 0. The van der Waals surface area contributed by atoms with Gasteiger partial charge in [0.1, 0.15) is 11.6 Å². The Bertz CT molecular complexity index is 805. The van der Waals surface area contributed by atoms with Crippen LogP contribution in [0, 0.1) is 11.8 Å². The lowest BCUT2D eigenvalue weighted by Crippen LogP contribution is -2.49. The number of carbonyl (C=O) groups excluding carboxylic acids is 2. The Hall–Kier alpha value is -2.58. The van der Waals surface area contributed by atoms with Crippen molar-refractivity contribution in [3.63, 3.8) is 0 Å². The highest BCUT2D eigenvalue weighted by Gasteiger charge is 2.42. The highest BCUT2D eigenvalue weighted by molar-refractivity contribution is 6.16. The van der Waals surface area contributed by atoms with Gasteiger partial charge in [0.2, 0.25) is 0 Å². The van der Waals surface area contributed by atoms with E-state index in [-0.39, 0.29) is 17.2 Å². The van der Waals surface area contributed by atoms with Gasteiger partial charge in [0.15, 0.2) is 0 Å². The summed E-state index contributed by atoms with van der Waals surface area (Å²) in [7, 11) is 0. The van der Waals surface area contributed by atoms with Crippen LogP contribution in [0.2, 0.25) is 0 Å². The van der Waals surface area contributed by atoms with Crippen LogP contribution in [-0.2, 0) is 15.8 Å². The number of nitrogens with one attached hydrogen (secondary N) is 1. The van der Waals surface area contributed by atoms with Gasteiger partial charge in [0, 0.05) is 24.7 Å². The molecule has 5 rings (SSSR count). The van der Waals surface area contributed by atoms with Crippen LogP contribution in [0.15, 0.2) is 23.8 Å². The minimum Gasteiger partial charge on any atom is -0.355 e. The summed E-state index contributed by atoms with van der Waals surface area (Å²) in [6.07, 6.45) is -1.26. The fourth-order valence-corrected chi connectivity index (χ4v) is 3.82. The third-order valence-corrected chi connectivity index (χ3v) is 5.10. The van der Waals surface area contributed by atoms with Gasteiger partial charge >= 0.3 is 6.18 Å². The SMILES string of the molecule is CC1=CC(=O)N(Nc2ccc(C(F)(F)F)c(N3CC4CC(C4)C3)n2)C1=O. The van der Waals surface area contributed by atoms with Crippen molar-refractivity contribution < 1.29 is 22.8 Å². The predicted octanol–water partition coefficient (Wildman–Crippen LogP) is 2.59. The van der Waals surface area contributed by atoms with E-state index in [9.17, 15) is 22.8 Å². The number of hydrazine groups is 1. The Balaban J connectivity index is 1.64. The standard InChI is InChI=1S/C17H17F3N4O2/c1-9-4-14(25)24(16(9)26)22-13-3-2-12(17(18,19)20)15(21-13)23-7-10-5-11(6-10)8-23/h2-4,10-11H,5-8H2,1H3,(H,21,22). The minimum absolute atomic E-state index is 0.0250. The molecule has 4 heterocycles. The monoisotopic (exact) mass is 366 g/mol. The van der Waals surface area contributed by atoms with Gasteiger partial charge in [-0.1, -0.05) is 0 Å². The summed E-state index contributed by atoms with van der Waals surface area (Å²) in [4.78, 5) is 29.5. The van der Waals surface area contributed by atoms with Crippen molar-refractivity contribution in [3.05, 3.63) is 29.3 Å². The number of alkyl halides is 3. The quantitative estimate of drug-likeness (QED) is 0.833. The predicted molar refractivity (Wildman–Crippen MR) is 86.9 cm³/mol. The Morgan fingerprint density at radius 1 is 1.15 bits per heavy atom. The second kappa shape index (κ2) is 5.72. The molecule has 0 aromatic carbocycles. The van der Waals surface area contributed by atoms with Gasteiger partial charge in [-0.3, -0.25) is 15.0 Å². The molecule has 3 fully saturated rings. The second-order valence-electron chi connectivity index (χ2n) is 7.09. The number of pyridine rings is 1. The number of nitrogens with zero attached hydrogens (tertiary/aromatic N) is 3. The minimum atomic E-state index is -4.53. The Morgan fingerprint density at radius 3 is 2.35 bits per heavy atom. The lowest BCUT2D eigenvalue weighted by Gasteiger charge is -2.48. The maximum absolute atomic E-state index is 13.4. The number of rotatable bonds is 3. The first-order valence-electron chi connectivity index (χ1n) is 8.39. The zero-order valence-corrected chi connectivity index (χ0v) is 14.0.